The van der Waals surface area contributed by atoms with Crippen molar-refractivity contribution in [2.45, 2.75) is 19.3 Å². The number of benzene rings is 6. The van der Waals surface area contributed by atoms with Gasteiger partial charge in [0.2, 0.25) is 6.71 Å². The van der Waals surface area contributed by atoms with Crippen LogP contribution in [-0.2, 0) is 5.41 Å². The van der Waals surface area contributed by atoms with Crippen LogP contribution in [0.2, 0.25) is 0 Å². The van der Waals surface area contributed by atoms with Crippen molar-refractivity contribution in [1.82, 2.24) is 0 Å². The van der Waals surface area contributed by atoms with E-state index in [0.29, 0.717) is 16.5 Å². The van der Waals surface area contributed by atoms with Gasteiger partial charge in [-0.25, -0.2) is 35.1 Å². The molecule has 0 saturated heterocycles. The summed E-state index contributed by atoms with van der Waals surface area (Å²) >= 11 is 0. The Hall–Kier alpha value is -4.14. The highest BCUT2D eigenvalue weighted by Gasteiger charge is 2.46. The van der Waals surface area contributed by atoms with Gasteiger partial charge in [0, 0.05) is 21.6 Å². The van der Waals surface area contributed by atoms with Crippen molar-refractivity contribution in [3.63, 3.8) is 0 Å². The fourth-order valence-corrected chi connectivity index (χ4v) is 6.70. The fraction of sp³-hybridized carbons (Fsp3) is 0.0968. The highest BCUT2D eigenvalue weighted by Crippen LogP contribution is 2.48. The second kappa shape index (κ2) is 7.96. The van der Waals surface area contributed by atoms with Crippen molar-refractivity contribution in [3.05, 3.63) is 112 Å². The van der Waals surface area contributed by atoms with Crippen LogP contribution in [0.1, 0.15) is 25.0 Å². The average Bonchev–Trinajstić information content (AvgIpc) is 2.94. The van der Waals surface area contributed by atoms with Gasteiger partial charge in [-0.1, -0.05) is 79.4 Å². The molecule has 0 spiro atoms. The molecule has 0 aliphatic carbocycles. The monoisotopic (exact) mass is 550 g/mol. The molecule has 0 saturated carbocycles. The van der Waals surface area contributed by atoms with Gasteiger partial charge in [-0.2, -0.15) is 0 Å². The van der Waals surface area contributed by atoms with E-state index in [1.54, 1.807) is 68.4 Å². The first kappa shape index (κ1) is 24.9. The van der Waals surface area contributed by atoms with E-state index in [2.05, 4.69) is 0 Å². The van der Waals surface area contributed by atoms with E-state index in [1.807, 2.05) is 0 Å². The first-order valence-electron chi connectivity index (χ1n) is 12.4. The molecule has 9 heteroatoms. The first-order chi connectivity index (χ1) is 19.0. The van der Waals surface area contributed by atoms with Crippen molar-refractivity contribution in [3.8, 4) is 0 Å². The minimum atomic E-state index is -2.30. The van der Waals surface area contributed by atoms with Crippen LogP contribution < -0.4 is 16.4 Å². The summed E-state index contributed by atoms with van der Waals surface area (Å²) in [6.07, 6.45) is 0. The van der Waals surface area contributed by atoms with Gasteiger partial charge in [-0.3, -0.25) is 0 Å². The maximum atomic E-state index is 16.8. The molecule has 0 nitrogen and oxygen atoms in total. The summed E-state index contributed by atoms with van der Waals surface area (Å²) in [7, 11) is 0. The van der Waals surface area contributed by atoms with Crippen LogP contribution in [0.5, 0.6) is 0 Å². The van der Waals surface area contributed by atoms with E-state index in [4.69, 9.17) is 0 Å². The molecule has 0 aromatic heterocycles. The Morgan fingerprint density at radius 2 is 0.925 bits per heavy atom. The van der Waals surface area contributed by atoms with Crippen molar-refractivity contribution in [1.29, 1.82) is 0 Å². The normalized spacial score (nSPS) is 14.4. The predicted octanol–water partition coefficient (Wildman–Crippen LogP) is 6.85. The van der Waals surface area contributed by atoms with Crippen molar-refractivity contribution >= 4 is 55.4 Å². The number of hydrogen-bond donors (Lipinski definition) is 0. The Bertz CT molecular complexity index is 2040. The number of fused-ring (bicyclic) bond motifs is 3. The molecule has 6 aromatic rings. The van der Waals surface area contributed by atoms with E-state index in [-0.39, 0.29) is 11.0 Å². The summed E-state index contributed by atoms with van der Waals surface area (Å²) in [4.78, 5) is 0. The number of hydrogen-bond acceptors (Lipinski definition) is 0. The lowest BCUT2D eigenvalue weighted by atomic mass is 9.31. The Morgan fingerprint density at radius 1 is 0.475 bits per heavy atom. The van der Waals surface area contributed by atoms with E-state index in [9.17, 15) is 13.2 Å². The quantitative estimate of drug-likeness (QED) is 0.0910. The van der Waals surface area contributed by atoms with Gasteiger partial charge in [0.15, 0.2) is 40.7 Å². The molecular weight excluding hydrogens is 535 g/mol. The standard InChI is InChI=1S/C31H15BF8/c1-31(2)13-10-6-7-11-14(13)32(12-8-4-3-5-9-12)22-21(31)17-15-16-19(26(36)24(17)34)28(38)30(40)29(39)20(16)27(37)25(35)18(15)23(22)33/h3-11H,1-2H3. The van der Waals surface area contributed by atoms with Crippen LogP contribution in [0.25, 0.3) is 32.3 Å². The van der Waals surface area contributed by atoms with Crippen LogP contribution in [0.15, 0.2) is 54.6 Å². The number of halogens is 8. The van der Waals surface area contributed by atoms with Crippen molar-refractivity contribution in [2.75, 3.05) is 0 Å². The molecule has 0 N–H and O–H groups in total. The summed E-state index contributed by atoms with van der Waals surface area (Å²) < 4.78 is 124. The summed E-state index contributed by atoms with van der Waals surface area (Å²) in [6.45, 7) is 2.33. The topological polar surface area (TPSA) is 0 Å². The highest BCUT2D eigenvalue weighted by atomic mass is 19.2. The molecule has 0 atom stereocenters. The van der Waals surface area contributed by atoms with Crippen LogP contribution in [0.3, 0.4) is 0 Å². The smallest absolute Gasteiger partial charge is 0.207 e. The summed E-state index contributed by atoms with van der Waals surface area (Å²) in [6, 6.07) is 15.4. The zero-order chi connectivity index (χ0) is 28.4. The lowest BCUT2D eigenvalue weighted by Gasteiger charge is -2.40. The summed E-state index contributed by atoms with van der Waals surface area (Å²) in [5.41, 5.74) is 0.231. The van der Waals surface area contributed by atoms with Gasteiger partial charge >= 0.3 is 0 Å². The Kier molecular flexibility index (Phi) is 4.95. The average molecular weight is 550 g/mol. The maximum Gasteiger partial charge on any atom is 0.245 e. The molecule has 7 rings (SSSR count). The highest BCUT2D eigenvalue weighted by molar-refractivity contribution is 6.96. The SMILES string of the molecule is CC1(C)c2ccccc2B(c2ccccc2)c2c(F)c3c(F)c(F)c4c(F)c(F)c(F)c5c(F)c(F)c(c21)c3c45. The summed E-state index contributed by atoms with van der Waals surface area (Å²) in [5, 5.41) is -6.30. The molecule has 1 aliphatic rings. The van der Waals surface area contributed by atoms with E-state index in [0.717, 1.165) is 0 Å². The molecule has 1 aliphatic heterocycles. The third-order valence-electron chi connectivity index (χ3n) is 8.30. The molecule has 0 unspecified atom stereocenters. The van der Waals surface area contributed by atoms with Gasteiger partial charge < -0.3 is 0 Å². The third kappa shape index (κ3) is 2.77. The molecule has 0 bridgehead atoms. The van der Waals surface area contributed by atoms with Gasteiger partial charge in [-0.05, 0) is 16.6 Å². The zero-order valence-electron chi connectivity index (χ0n) is 20.8. The minimum absolute atomic E-state index is 0.0826. The van der Waals surface area contributed by atoms with E-state index in [1.165, 1.54) is 0 Å². The third-order valence-corrected chi connectivity index (χ3v) is 8.30. The molecule has 6 aromatic carbocycles. The van der Waals surface area contributed by atoms with Gasteiger partial charge in [0.1, 0.15) is 5.82 Å². The molecular formula is C31H15BF8. The lowest BCUT2D eigenvalue weighted by molar-refractivity contribution is 0.448. The molecule has 198 valence electrons. The summed E-state index contributed by atoms with van der Waals surface area (Å²) in [5.74, 6) is -15.4. The van der Waals surface area contributed by atoms with E-state index >= 15 is 22.0 Å². The second-order valence-electron chi connectivity index (χ2n) is 10.6. The Labute approximate surface area is 222 Å². The largest absolute Gasteiger partial charge is 0.245 e. The molecule has 40 heavy (non-hydrogen) atoms. The molecule has 0 amide bonds. The lowest BCUT2D eigenvalue weighted by Crippen LogP contribution is -2.61. The fourth-order valence-electron chi connectivity index (χ4n) is 6.70. The Balaban J connectivity index is 1.84. The van der Waals surface area contributed by atoms with Crippen molar-refractivity contribution < 1.29 is 35.1 Å². The Morgan fingerprint density at radius 3 is 1.52 bits per heavy atom. The minimum Gasteiger partial charge on any atom is -0.207 e. The maximum absolute atomic E-state index is 16.8. The molecule has 0 radical (unpaired) electrons. The van der Waals surface area contributed by atoms with Gasteiger partial charge in [0.05, 0.1) is 16.2 Å². The van der Waals surface area contributed by atoms with Crippen molar-refractivity contribution in [2.24, 2.45) is 0 Å². The van der Waals surface area contributed by atoms with Crippen LogP contribution in [0.4, 0.5) is 35.1 Å². The van der Waals surface area contributed by atoms with Crippen LogP contribution in [-0.4, -0.2) is 6.71 Å². The van der Waals surface area contributed by atoms with Gasteiger partial charge in [-0.15, -0.1) is 0 Å². The molecule has 1 heterocycles. The van der Waals surface area contributed by atoms with Gasteiger partial charge in [0.25, 0.3) is 0 Å². The number of rotatable bonds is 1. The van der Waals surface area contributed by atoms with Crippen LogP contribution in [0, 0.1) is 46.5 Å². The first-order valence-corrected chi connectivity index (χ1v) is 12.4. The predicted molar refractivity (Wildman–Crippen MR) is 139 cm³/mol. The second-order valence-corrected chi connectivity index (χ2v) is 10.6. The van der Waals surface area contributed by atoms with Crippen LogP contribution >= 0.6 is 0 Å². The molecule has 0 fully saturated rings. The van der Waals surface area contributed by atoms with E-state index < -0.39 is 91.0 Å². The zero-order valence-corrected chi connectivity index (χ0v) is 20.8.